The molecule has 0 atom stereocenters. The third-order valence-corrected chi connectivity index (χ3v) is 6.68. The number of carbonyl (C=O) groups excluding carboxylic acids is 1. The Labute approximate surface area is 186 Å². The fourth-order valence-electron chi connectivity index (χ4n) is 3.02. The Morgan fingerprint density at radius 2 is 1.81 bits per heavy atom. The molecule has 2 aromatic carbocycles. The molecule has 0 aliphatic rings. The van der Waals surface area contributed by atoms with Gasteiger partial charge < -0.3 is 9.64 Å². The summed E-state index contributed by atoms with van der Waals surface area (Å²) in [6.07, 6.45) is 0.0959. The molecule has 0 aliphatic heterocycles. The van der Waals surface area contributed by atoms with Gasteiger partial charge in [-0.05, 0) is 24.3 Å². The molecular formula is C21H24N4O6S. The first-order chi connectivity index (χ1) is 15.3. The Morgan fingerprint density at radius 3 is 2.38 bits per heavy atom. The van der Waals surface area contributed by atoms with Crippen molar-refractivity contribution in [1.29, 1.82) is 5.26 Å². The lowest BCUT2D eigenvalue weighted by atomic mass is 10.2. The van der Waals surface area contributed by atoms with Gasteiger partial charge in [0, 0.05) is 31.4 Å². The first-order valence-corrected chi connectivity index (χ1v) is 11.3. The molecule has 0 heterocycles. The molecular weight excluding hydrogens is 436 g/mol. The lowest BCUT2D eigenvalue weighted by molar-refractivity contribution is -0.386. The van der Waals surface area contributed by atoms with Crippen LogP contribution in [-0.4, -0.2) is 49.8 Å². The topological polar surface area (TPSA) is 134 Å². The van der Waals surface area contributed by atoms with Crippen LogP contribution in [0.2, 0.25) is 0 Å². The monoisotopic (exact) mass is 460 g/mol. The molecule has 0 unspecified atom stereocenters. The molecule has 0 fully saturated rings. The van der Waals surface area contributed by atoms with Gasteiger partial charge in [-0.2, -0.15) is 9.57 Å². The molecule has 2 aromatic rings. The maximum absolute atomic E-state index is 12.7. The fourth-order valence-corrected chi connectivity index (χ4v) is 4.50. The van der Waals surface area contributed by atoms with Gasteiger partial charge in [0.2, 0.25) is 10.0 Å². The van der Waals surface area contributed by atoms with Crippen LogP contribution in [0.1, 0.15) is 20.3 Å². The molecule has 0 saturated carbocycles. The van der Waals surface area contributed by atoms with Crippen LogP contribution in [-0.2, 0) is 14.8 Å². The Bertz CT molecular complexity index is 1100. The maximum Gasteiger partial charge on any atom is 0.312 e. The third-order valence-electron chi connectivity index (χ3n) is 4.64. The SMILES string of the molecule is CCN(CC)S(=O)(=O)c1ccc(OCC(=O)N(CCC#N)c2ccccc2)c([N+](=O)[O-])c1. The van der Waals surface area contributed by atoms with Gasteiger partial charge in [-0.3, -0.25) is 14.9 Å². The minimum Gasteiger partial charge on any atom is -0.477 e. The number of anilines is 1. The van der Waals surface area contributed by atoms with Crippen LogP contribution in [0.15, 0.2) is 53.4 Å². The van der Waals surface area contributed by atoms with Crippen molar-refractivity contribution in [2.24, 2.45) is 0 Å². The Kier molecular flexibility index (Phi) is 8.69. The van der Waals surface area contributed by atoms with E-state index >= 15 is 0 Å². The van der Waals surface area contributed by atoms with Gasteiger partial charge in [-0.25, -0.2) is 8.42 Å². The van der Waals surface area contributed by atoms with Crippen LogP contribution < -0.4 is 9.64 Å². The lowest BCUT2D eigenvalue weighted by Gasteiger charge is -2.22. The Balaban J connectivity index is 2.27. The summed E-state index contributed by atoms with van der Waals surface area (Å²) >= 11 is 0. The van der Waals surface area contributed by atoms with Crippen molar-refractivity contribution in [2.75, 3.05) is 31.1 Å². The number of nitro groups is 1. The van der Waals surface area contributed by atoms with E-state index in [0.717, 1.165) is 6.07 Å². The normalized spacial score (nSPS) is 11.1. The number of sulfonamides is 1. The summed E-state index contributed by atoms with van der Waals surface area (Å²) in [5.41, 5.74) is 0.000769. The Hall–Kier alpha value is -3.49. The summed E-state index contributed by atoms with van der Waals surface area (Å²) in [5.74, 6) is -0.726. The van der Waals surface area contributed by atoms with Crippen LogP contribution in [0.5, 0.6) is 5.75 Å². The second-order valence-electron chi connectivity index (χ2n) is 6.55. The number of hydrogen-bond donors (Lipinski definition) is 0. The lowest BCUT2D eigenvalue weighted by Crippen LogP contribution is -2.35. The van der Waals surface area contributed by atoms with Crippen molar-refractivity contribution in [3.8, 4) is 11.8 Å². The van der Waals surface area contributed by atoms with Crippen LogP contribution in [0.3, 0.4) is 0 Å². The van der Waals surface area contributed by atoms with Gasteiger partial charge in [0.15, 0.2) is 12.4 Å². The highest BCUT2D eigenvalue weighted by molar-refractivity contribution is 7.89. The Morgan fingerprint density at radius 1 is 1.16 bits per heavy atom. The molecule has 0 saturated heterocycles. The van der Waals surface area contributed by atoms with Crippen LogP contribution >= 0.6 is 0 Å². The number of carbonyl (C=O) groups is 1. The van der Waals surface area contributed by atoms with Gasteiger partial charge in [-0.15, -0.1) is 0 Å². The predicted molar refractivity (Wildman–Crippen MR) is 118 cm³/mol. The van der Waals surface area contributed by atoms with Crippen molar-refractivity contribution in [3.63, 3.8) is 0 Å². The summed E-state index contributed by atoms with van der Waals surface area (Å²) in [5, 5.41) is 20.4. The zero-order valence-electron chi connectivity index (χ0n) is 17.8. The molecule has 1 amide bonds. The fraction of sp³-hybridized carbons (Fsp3) is 0.333. The van der Waals surface area contributed by atoms with Crippen LogP contribution in [0, 0.1) is 21.4 Å². The van der Waals surface area contributed by atoms with E-state index in [0.29, 0.717) is 5.69 Å². The summed E-state index contributed by atoms with van der Waals surface area (Å²) < 4.78 is 31.9. The first kappa shape index (κ1) is 24.8. The van der Waals surface area contributed by atoms with Gasteiger partial charge in [0.1, 0.15) is 0 Å². The predicted octanol–water partition coefficient (Wildman–Crippen LogP) is 2.95. The average molecular weight is 461 g/mol. The second-order valence-corrected chi connectivity index (χ2v) is 8.49. The standard InChI is InChI=1S/C21H24N4O6S/c1-3-23(4-2)32(29,30)18-11-12-20(19(15-18)25(27)28)31-16-21(26)24(14-8-13-22)17-9-6-5-7-10-17/h5-7,9-12,15H,3-4,8,14,16H2,1-2H3. The van der Waals surface area contributed by atoms with E-state index in [9.17, 15) is 23.3 Å². The first-order valence-electron chi connectivity index (χ1n) is 9.90. The molecule has 0 N–H and O–H groups in total. The summed E-state index contributed by atoms with van der Waals surface area (Å²) in [4.78, 5) is 24.6. The molecule has 0 aliphatic carbocycles. The number of benzene rings is 2. The van der Waals surface area contributed by atoms with Gasteiger partial charge in [0.25, 0.3) is 5.91 Å². The third kappa shape index (κ3) is 5.81. The summed E-state index contributed by atoms with van der Waals surface area (Å²) in [6, 6.07) is 13.9. The molecule has 0 aromatic heterocycles. The van der Waals surface area contributed by atoms with Crippen LogP contribution in [0.4, 0.5) is 11.4 Å². The van der Waals surface area contributed by atoms with E-state index in [4.69, 9.17) is 10.00 Å². The van der Waals surface area contributed by atoms with Crippen molar-refractivity contribution in [2.45, 2.75) is 25.2 Å². The number of nitrogens with zero attached hydrogens (tertiary/aromatic N) is 4. The van der Waals surface area contributed by atoms with E-state index in [1.54, 1.807) is 44.2 Å². The number of hydrogen-bond acceptors (Lipinski definition) is 7. The number of nitriles is 1. The number of rotatable bonds is 11. The van der Waals surface area contributed by atoms with Crippen LogP contribution in [0.25, 0.3) is 0 Å². The van der Waals surface area contributed by atoms with E-state index < -0.39 is 33.1 Å². The molecule has 32 heavy (non-hydrogen) atoms. The van der Waals surface area contributed by atoms with E-state index in [1.165, 1.54) is 21.3 Å². The van der Waals surface area contributed by atoms with Crippen molar-refractivity contribution >= 4 is 27.3 Å². The number of para-hydroxylation sites is 1. The highest BCUT2D eigenvalue weighted by atomic mass is 32.2. The summed E-state index contributed by atoms with van der Waals surface area (Å²) in [6.45, 7) is 3.39. The molecule has 0 spiro atoms. The minimum atomic E-state index is -3.90. The number of ether oxygens (including phenoxy) is 1. The zero-order valence-corrected chi connectivity index (χ0v) is 18.6. The number of amides is 1. The van der Waals surface area contributed by atoms with Crippen molar-refractivity contribution in [1.82, 2.24) is 4.31 Å². The van der Waals surface area contributed by atoms with Gasteiger partial charge in [0.05, 0.1) is 22.3 Å². The van der Waals surface area contributed by atoms with Gasteiger partial charge in [-0.1, -0.05) is 32.0 Å². The molecule has 0 radical (unpaired) electrons. The highest BCUT2D eigenvalue weighted by Gasteiger charge is 2.27. The van der Waals surface area contributed by atoms with E-state index in [-0.39, 0.29) is 36.7 Å². The number of nitro benzene ring substituents is 1. The molecule has 170 valence electrons. The molecule has 0 bridgehead atoms. The van der Waals surface area contributed by atoms with Crippen molar-refractivity contribution in [3.05, 3.63) is 58.6 Å². The average Bonchev–Trinajstić information content (AvgIpc) is 2.79. The second kappa shape index (κ2) is 11.2. The highest BCUT2D eigenvalue weighted by Crippen LogP contribution is 2.31. The van der Waals surface area contributed by atoms with E-state index in [2.05, 4.69) is 0 Å². The molecule has 10 nitrogen and oxygen atoms in total. The molecule has 11 heteroatoms. The minimum absolute atomic E-state index is 0.0959. The zero-order chi connectivity index (χ0) is 23.7. The van der Waals surface area contributed by atoms with Gasteiger partial charge >= 0.3 is 5.69 Å². The maximum atomic E-state index is 12.7. The molecule has 2 rings (SSSR count). The van der Waals surface area contributed by atoms with E-state index in [1.807, 2.05) is 6.07 Å². The van der Waals surface area contributed by atoms with Crippen molar-refractivity contribution < 1.29 is 22.9 Å². The smallest absolute Gasteiger partial charge is 0.312 e. The largest absolute Gasteiger partial charge is 0.477 e. The summed E-state index contributed by atoms with van der Waals surface area (Å²) in [7, 11) is -3.90. The quantitative estimate of drug-likeness (QED) is 0.372.